The number of urea groups is 1. The van der Waals surface area contributed by atoms with E-state index in [1.54, 1.807) is 7.05 Å². The fourth-order valence-corrected chi connectivity index (χ4v) is 2.00. The van der Waals surface area contributed by atoms with Crippen molar-refractivity contribution in [3.63, 3.8) is 0 Å². The van der Waals surface area contributed by atoms with E-state index in [0.717, 1.165) is 12.8 Å². The highest BCUT2D eigenvalue weighted by atomic mass is 16.5. The van der Waals surface area contributed by atoms with Gasteiger partial charge in [-0.3, -0.25) is 0 Å². The summed E-state index contributed by atoms with van der Waals surface area (Å²) in [7, 11) is 3.21. The SMILES string of the molecule is COCC(O)CN(C)C(=O)NC1CCCC1. The fraction of sp³-hybridized carbons (Fsp3) is 0.909. The lowest BCUT2D eigenvalue weighted by Crippen LogP contribution is -2.45. The van der Waals surface area contributed by atoms with Crippen LogP contribution in [0.2, 0.25) is 0 Å². The third-order valence-electron chi connectivity index (χ3n) is 2.87. The van der Waals surface area contributed by atoms with Crippen LogP contribution in [0.15, 0.2) is 0 Å². The van der Waals surface area contributed by atoms with Crippen molar-refractivity contribution in [1.82, 2.24) is 10.2 Å². The number of hydrogen-bond acceptors (Lipinski definition) is 3. The highest BCUT2D eigenvalue weighted by molar-refractivity contribution is 5.74. The van der Waals surface area contributed by atoms with Crippen LogP contribution in [0, 0.1) is 0 Å². The second-order valence-electron chi connectivity index (χ2n) is 4.42. The summed E-state index contributed by atoms with van der Waals surface area (Å²) in [5, 5.41) is 12.4. The van der Waals surface area contributed by atoms with Gasteiger partial charge in [0.15, 0.2) is 0 Å². The third kappa shape index (κ3) is 4.37. The van der Waals surface area contributed by atoms with Gasteiger partial charge in [0.1, 0.15) is 0 Å². The first-order valence-corrected chi connectivity index (χ1v) is 5.82. The van der Waals surface area contributed by atoms with Crippen LogP contribution in [-0.4, -0.2) is 55.5 Å². The van der Waals surface area contributed by atoms with E-state index >= 15 is 0 Å². The summed E-state index contributed by atoms with van der Waals surface area (Å²) in [4.78, 5) is 13.2. The number of nitrogens with one attached hydrogen (secondary N) is 1. The molecule has 0 aromatic rings. The zero-order valence-corrected chi connectivity index (χ0v) is 10.1. The standard InChI is InChI=1S/C11H22N2O3/c1-13(7-10(14)8-16-2)11(15)12-9-5-3-4-6-9/h9-10,14H,3-8H2,1-2H3,(H,12,15). The van der Waals surface area contributed by atoms with Crippen LogP contribution in [-0.2, 0) is 4.74 Å². The van der Waals surface area contributed by atoms with Gasteiger partial charge in [-0.1, -0.05) is 12.8 Å². The second kappa shape index (κ2) is 6.70. The first-order valence-electron chi connectivity index (χ1n) is 5.82. The average Bonchev–Trinajstić information content (AvgIpc) is 2.70. The fourth-order valence-electron chi connectivity index (χ4n) is 2.00. The van der Waals surface area contributed by atoms with Crippen LogP contribution in [0.1, 0.15) is 25.7 Å². The monoisotopic (exact) mass is 230 g/mol. The minimum Gasteiger partial charge on any atom is -0.389 e. The van der Waals surface area contributed by atoms with Gasteiger partial charge in [0.2, 0.25) is 0 Å². The Hall–Kier alpha value is -0.810. The predicted molar refractivity (Wildman–Crippen MR) is 61.3 cm³/mol. The molecule has 2 N–H and O–H groups in total. The molecule has 1 rings (SSSR count). The van der Waals surface area contributed by atoms with E-state index in [0.29, 0.717) is 12.6 Å². The lowest BCUT2D eigenvalue weighted by molar-refractivity contribution is 0.0487. The van der Waals surface area contributed by atoms with E-state index < -0.39 is 6.10 Å². The maximum atomic E-state index is 11.7. The number of aliphatic hydroxyl groups excluding tert-OH is 1. The molecular weight excluding hydrogens is 208 g/mol. The summed E-state index contributed by atoms with van der Waals surface area (Å²) in [6, 6.07) is 0.205. The Labute approximate surface area is 96.8 Å². The third-order valence-corrected chi connectivity index (χ3v) is 2.87. The number of rotatable bonds is 5. The number of carbonyl (C=O) groups excluding carboxylic acids is 1. The summed E-state index contributed by atoms with van der Waals surface area (Å²) in [6.07, 6.45) is 3.91. The Balaban J connectivity index is 2.23. The Kier molecular flexibility index (Phi) is 5.55. The van der Waals surface area contributed by atoms with Gasteiger partial charge in [0, 0.05) is 20.2 Å². The molecule has 0 aliphatic heterocycles. The van der Waals surface area contributed by atoms with Gasteiger partial charge < -0.3 is 20.1 Å². The molecule has 0 bridgehead atoms. The quantitative estimate of drug-likeness (QED) is 0.726. The van der Waals surface area contributed by atoms with Crippen molar-refractivity contribution in [2.24, 2.45) is 0 Å². The molecule has 5 heteroatoms. The first-order chi connectivity index (χ1) is 7.63. The molecule has 0 saturated heterocycles. The van der Waals surface area contributed by atoms with Crippen molar-refractivity contribution in [2.75, 3.05) is 27.3 Å². The average molecular weight is 230 g/mol. The van der Waals surface area contributed by atoms with Gasteiger partial charge in [-0.05, 0) is 12.8 Å². The molecule has 2 amide bonds. The molecule has 1 fully saturated rings. The van der Waals surface area contributed by atoms with Gasteiger partial charge in [0.05, 0.1) is 19.3 Å². The number of aliphatic hydroxyl groups is 1. The van der Waals surface area contributed by atoms with Crippen LogP contribution in [0.3, 0.4) is 0 Å². The minimum absolute atomic E-state index is 0.109. The maximum absolute atomic E-state index is 11.7. The molecule has 0 heterocycles. The number of hydrogen-bond donors (Lipinski definition) is 2. The number of nitrogens with zero attached hydrogens (tertiary/aromatic N) is 1. The summed E-state index contributed by atoms with van der Waals surface area (Å²) >= 11 is 0. The van der Waals surface area contributed by atoms with E-state index in [4.69, 9.17) is 4.74 Å². The zero-order chi connectivity index (χ0) is 12.0. The van der Waals surface area contributed by atoms with E-state index in [1.807, 2.05) is 0 Å². The molecule has 0 spiro atoms. The van der Waals surface area contributed by atoms with E-state index in [1.165, 1.54) is 24.9 Å². The van der Waals surface area contributed by atoms with Gasteiger partial charge in [-0.2, -0.15) is 0 Å². The molecule has 0 aromatic carbocycles. The van der Waals surface area contributed by atoms with Crippen LogP contribution in [0.4, 0.5) is 4.79 Å². The molecule has 1 aliphatic carbocycles. The number of methoxy groups -OCH3 is 1. The van der Waals surface area contributed by atoms with Crippen molar-refractivity contribution >= 4 is 6.03 Å². The molecular formula is C11H22N2O3. The number of amides is 2. The van der Waals surface area contributed by atoms with Crippen LogP contribution >= 0.6 is 0 Å². The summed E-state index contributed by atoms with van der Waals surface area (Å²) < 4.78 is 4.81. The van der Waals surface area contributed by atoms with Crippen LogP contribution < -0.4 is 5.32 Å². The van der Waals surface area contributed by atoms with Gasteiger partial charge in [-0.25, -0.2) is 4.79 Å². The molecule has 0 radical (unpaired) electrons. The lowest BCUT2D eigenvalue weighted by atomic mass is 10.2. The molecule has 94 valence electrons. The van der Waals surface area contributed by atoms with E-state index in [9.17, 15) is 9.90 Å². The number of likely N-dealkylation sites (N-methyl/N-ethyl adjacent to an activating group) is 1. The Morgan fingerprint density at radius 1 is 1.56 bits per heavy atom. The minimum atomic E-state index is -0.621. The number of carbonyl (C=O) groups is 1. The van der Waals surface area contributed by atoms with Crippen LogP contribution in [0.5, 0.6) is 0 Å². The summed E-state index contributed by atoms with van der Waals surface area (Å²) in [5.41, 5.74) is 0. The summed E-state index contributed by atoms with van der Waals surface area (Å²) in [6.45, 7) is 0.549. The zero-order valence-electron chi connectivity index (χ0n) is 10.1. The molecule has 1 aliphatic rings. The van der Waals surface area contributed by atoms with Crippen molar-refractivity contribution in [3.8, 4) is 0 Å². The molecule has 1 unspecified atom stereocenters. The Morgan fingerprint density at radius 3 is 2.75 bits per heavy atom. The predicted octanol–water partition coefficient (Wildman–Crippen LogP) is 0.578. The van der Waals surface area contributed by atoms with Crippen molar-refractivity contribution in [3.05, 3.63) is 0 Å². The molecule has 1 saturated carbocycles. The van der Waals surface area contributed by atoms with Gasteiger partial charge in [-0.15, -0.1) is 0 Å². The maximum Gasteiger partial charge on any atom is 0.317 e. The summed E-state index contributed by atoms with van der Waals surface area (Å²) in [5.74, 6) is 0. The first kappa shape index (κ1) is 13.3. The van der Waals surface area contributed by atoms with E-state index in [2.05, 4.69) is 5.32 Å². The number of ether oxygens (including phenoxy) is 1. The molecule has 1 atom stereocenters. The molecule has 16 heavy (non-hydrogen) atoms. The largest absolute Gasteiger partial charge is 0.389 e. The highest BCUT2D eigenvalue weighted by Crippen LogP contribution is 2.17. The van der Waals surface area contributed by atoms with E-state index in [-0.39, 0.29) is 12.6 Å². The Bertz CT molecular complexity index is 217. The van der Waals surface area contributed by atoms with Gasteiger partial charge in [0.25, 0.3) is 0 Å². The highest BCUT2D eigenvalue weighted by Gasteiger charge is 2.20. The van der Waals surface area contributed by atoms with Crippen molar-refractivity contribution in [1.29, 1.82) is 0 Å². The smallest absolute Gasteiger partial charge is 0.317 e. The molecule has 0 aromatic heterocycles. The van der Waals surface area contributed by atoms with Gasteiger partial charge >= 0.3 is 6.03 Å². The van der Waals surface area contributed by atoms with Crippen molar-refractivity contribution < 1.29 is 14.6 Å². The van der Waals surface area contributed by atoms with Crippen molar-refractivity contribution in [2.45, 2.75) is 37.8 Å². The Morgan fingerprint density at radius 2 is 2.19 bits per heavy atom. The topological polar surface area (TPSA) is 61.8 Å². The van der Waals surface area contributed by atoms with Crippen LogP contribution in [0.25, 0.3) is 0 Å². The second-order valence-corrected chi connectivity index (χ2v) is 4.42. The normalized spacial score (nSPS) is 18.4. The molecule has 5 nitrogen and oxygen atoms in total. The lowest BCUT2D eigenvalue weighted by Gasteiger charge is -2.23.